The fraction of sp³-hybridized carbons (Fsp3) is 0.133. The molecule has 0 amide bonds. The quantitative estimate of drug-likeness (QED) is 0.683. The maximum absolute atomic E-state index is 11.8. The largest absolute Gasteiger partial charge is 0.457 e. The van der Waals surface area contributed by atoms with Gasteiger partial charge in [-0.15, -0.1) is 0 Å². The van der Waals surface area contributed by atoms with Gasteiger partial charge in [0, 0.05) is 11.6 Å². The first-order chi connectivity index (χ1) is 9.72. The zero-order valence-corrected chi connectivity index (χ0v) is 10.9. The van der Waals surface area contributed by atoms with Crippen LogP contribution in [0.25, 0.3) is 11.0 Å². The second-order valence-electron chi connectivity index (χ2n) is 4.37. The van der Waals surface area contributed by atoms with Crippen LogP contribution in [0.1, 0.15) is 21.9 Å². The minimum atomic E-state index is -0.516. The lowest BCUT2D eigenvalue weighted by Gasteiger charge is -2.01. The lowest BCUT2D eigenvalue weighted by Crippen LogP contribution is -2.07. The highest BCUT2D eigenvalue weighted by molar-refractivity contribution is 5.86. The number of benzene rings is 1. The lowest BCUT2D eigenvalue weighted by atomic mass is 10.2. The first kappa shape index (κ1) is 12.3. The van der Waals surface area contributed by atoms with E-state index in [1.807, 2.05) is 30.3 Å². The van der Waals surface area contributed by atoms with Crippen molar-refractivity contribution < 1.29 is 13.9 Å². The molecular formula is C15H12N2O3. The summed E-state index contributed by atoms with van der Waals surface area (Å²) in [5.41, 5.74) is 1.71. The number of para-hydroxylation sites is 1. The third kappa shape index (κ3) is 2.51. The van der Waals surface area contributed by atoms with Crippen LogP contribution < -0.4 is 0 Å². The van der Waals surface area contributed by atoms with Crippen LogP contribution >= 0.6 is 0 Å². The van der Waals surface area contributed by atoms with Gasteiger partial charge in [-0.05, 0) is 19.1 Å². The maximum Gasteiger partial charge on any atom is 0.358 e. The second kappa shape index (κ2) is 5.13. The van der Waals surface area contributed by atoms with Gasteiger partial charge in [0.05, 0.1) is 11.9 Å². The first-order valence-corrected chi connectivity index (χ1v) is 6.15. The standard InChI is InChI=1S/C15H12N2O3/c1-10-7-17-13(8-16-10)15(18)19-9-12-6-11-4-2-3-5-14(11)20-12/h2-8H,9H2,1H3. The number of hydrogen-bond acceptors (Lipinski definition) is 5. The van der Waals surface area contributed by atoms with Gasteiger partial charge in [0.2, 0.25) is 0 Å². The van der Waals surface area contributed by atoms with Gasteiger partial charge in [-0.1, -0.05) is 18.2 Å². The van der Waals surface area contributed by atoms with E-state index in [9.17, 15) is 4.79 Å². The van der Waals surface area contributed by atoms with Gasteiger partial charge in [0.25, 0.3) is 0 Å². The highest BCUT2D eigenvalue weighted by Gasteiger charge is 2.11. The van der Waals surface area contributed by atoms with E-state index in [1.165, 1.54) is 12.4 Å². The van der Waals surface area contributed by atoms with E-state index in [2.05, 4.69) is 9.97 Å². The van der Waals surface area contributed by atoms with Crippen LogP contribution in [-0.4, -0.2) is 15.9 Å². The monoisotopic (exact) mass is 268 g/mol. The van der Waals surface area contributed by atoms with Crippen LogP contribution in [0.4, 0.5) is 0 Å². The van der Waals surface area contributed by atoms with Crippen molar-refractivity contribution in [1.82, 2.24) is 9.97 Å². The Labute approximate surface area is 115 Å². The number of nitrogens with zero attached hydrogens (tertiary/aromatic N) is 2. The number of carbonyl (C=O) groups is 1. The number of carbonyl (C=O) groups excluding carboxylic acids is 1. The Kier molecular flexibility index (Phi) is 3.16. The molecule has 1 aromatic carbocycles. The molecule has 0 atom stereocenters. The minimum absolute atomic E-state index is 0.0725. The molecular weight excluding hydrogens is 256 g/mol. The second-order valence-corrected chi connectivity index (χ2v) is 4.37. The fourth-order valence-corrected chi connectivity index (χ4v) is 1.82. The van der Waals surface area contributed by atoms with E-state index in [0.717, 1.165) is 16.7 Å². The molecule has 0 N–H and O–H groups in total. The summed E-state index contributed by atoms with van der Waals surface area (Å²) in [6.07, 6.45) is 2.92. The van der Waals surface area contributed by atoms with Crippen LogP contribution in [0.5, 0.6) is 0 Å². The topological polar surface area (TPSA) is 65.2 Å². The van der Waals surface area contributed by atoms with Crippen molar-refractivity contribution in [1.29, 1.82) is 0 Å². The molecule has 0 saturated heterocycles. The maximum atomic E-state index is 11.8. The SMILES string of the molecule is Cc1cnc(C(=O)OCc2cc3ccccc3o2)cn1. The Morgan fingerprint density at radius 2 is 2.10 bits per heavy atom. The summed E-state index contributed by atoms with van der Waals surface area (Å²) in [7, 11) is 0. The first-order valence-electron chi connectivity index (χ1n) is 6.15. The molecule has 3 rings (SSSR count). The molecule has 0 bridgehead atoms. The van der Waals surface area contributed by atoms with Crippen molar-refractivity contribution in [3.63, 3.8) is 0 Å². The molecule has 2 aromatic heterocycles. The summed E-state index contributed by atoms with van der Waals surface area (Å²) in [5.74, 6) is 0.0811. The van der Waals surface area contributed by atoms with Crippen molar-refractivity contribution in [2.75, 3.05) is 0 Å². The van der Waals surface area contributed by atoms with Gasteiger partial charge < -0.3 is 9.15 Å². The van der Waals surface area contributed by atoms with E-state index < -0.39 is 5.97 Å². The molecule has 0 fully saturated rings. The highest BCUT2D eigenvalue weighted by Crippen LogP contribution is 2.19. The Bertz CT molecular complexity index is 714. The molecule has 0 unspecified atom stereocenters. The van der Waals surface area contributed by atoms with E-state index in [1.54, 1.807) is 6.92 Å². The minimum Gasteiger partial charge on any atom is -0.457 e. The molecule has 0 radical (unpaired) electrons. The smallest absolute Gasteiger partial charge is 0.358 e. The van der Waals surface area contributed by atoms with Crippen molar-refractivity contribution in [2.45, 2.75) is 13.5 Å². The molecule has 5 nitrogen and oxygen atoms in total. The average Bonchev–Trinajstić information content (AvgIpc) is 2.88. The van der Waals surface area contributed by atoms with E-state index >= 15 is 0 Å². The number of aromatic nitrogens is 2. The molecule has 100 valence electrons. The third-order valence-electron chi connectivity index (χ3n) is 2.81. The Morgan fingerprint density at radius 3 is 2.85 bits per heavy atom. The number of rotatable bonds is 3. The molecule has 20 heavy (non-hydrogen) atoms. The van der Waals surface area contributed by atoms with Crippen LogP contribution in [0.3, 0.4) is 0 Å². The van der Waals surface area contributed by atoms with Gasteiger partial charge in [-0.2, -0.15) is 0 Å². The number of hydrogen-bond donors (Lipinski definition) is 0. The van der Waals surface area contributed by atoms with Crippen molar-refractivity contribution in [3.05, 3.63) is 59.9 Å². The molecule has 3 aromatic rings. The summed E-state index contributed by atoms with van der Waals surface area (Å²) >= 11 is 0. The molecule has 0 spiro atoms. The summed E-state index contributed by atoms with van der Waals surface area (Å²) in [6, 6.07) is 9.48. The molecule has 2 heterocycles. The summed E-state index contributed by atoms with van der Waals surface area (Å²) < 4.78 is 10.7. The third-order valence-corrected chi connectivity index (χ3v) is 2.81. The van der Waals surface area contributed by atoms with Gasteiger partial charge in [0.15, 0.2) is 5.69 Å². The summed E-state index contributed by atoms with van der Waals surface area (Å²) in [4.78, 5) is 19.7. The molecule has 0 aliphatic rings. The average molecular weight is 268 g/mol. The van der Waals surface area contributed by atoms with Crippen molar-refractivity contribution >= 4 is 16.9 Å². The lowest BCUT2D eigenvalue weighted by molar-refractivity contribution is 0.0440. The van der Waals surface area contributed by atoms with Gasteiger partial charge in [-0.3, -0.25) is 4.98 Å². The number of aryl methyl sites for hydroxylation is 1. The van der Waals surface area contributed by atoms with Crippen molar-refractivity contribution in [2.24, 2.45) is 0 Å². The van der Waals surface area contributed by atoms with Gasteiger partial charge >= 0.3 is 5.97 Å². The number of esters is 1. The molecule has 0 aliphatic heterocycles. The zero-order chi connectivity index (χ0) is 13.9. The zero-order valence-electron chi connectivity index (χ0n) is 10.9. The predicted octanol–water partition coefficient (Wildman–Crippen LogP) is 2.89. The Hall–Kier alpha value is -2.69. The molecule has 0 saturated carbocycles. The number of fused-ring (bicyclic) bond motifs is 1. The highest BCUT2D eigenvalue weighted by atomic mass is 16.5. The molecule has 5 heteroatoms. The van der Waals surface area contributed by atoms with Crippen molar-refractivity contribution in [3.8, 4) is 0 Å². The summed E-state index contributed by atoms with van der Waals surface area (Å²) in [5, 5.41) is 0.980. The van der Waals surface area contributed by atoms with Gasteiger partial charge in [0.1, 0.15) is 18.0 Å². The normalized spacial score (nSPS) is 10.7. The van der Waals surface area contributed by atoms with Crippen LogP contribution in [-0.2, 0) is 11.3 Å². The Balaban J connectivity index is 1.69. The van der Waals surface area contributed by atoms with Crippen LogP contribution in [0, 0.1) is 6.92 Å². The van der Waals surface area contributed by atoms with E-state index in [-0.39, 0.29) is 12.3 Å². The van der Waals surface area contributed by atoms with E-state index in [4.69, 9.17) is 9.15 Å². The molecule has 0 aliphatic carbocycles. The van der Waals surface area contributed by atoms with Crippen LogP contribution in [0.2, 0.25) is 0 Å². The fourth-order valence-electron chi connectivity index (χ4n) is 1.82. The number of furan rings is 1. The Morgan fingerprint density at radius 1 is 1.25 bits per heavy atom. The van der Waals surface area contributed by atoms with Gasteiger partial charge in [-0.25, -0.2) is 9.78 Å². The van der Waals surface area contributed by atoms with E-state index in [0.29, 0.717) is 5.76 Å². The number of ether oxygens (including phenoxy) is 1. The predicted molar refractivity (Wildman–Crippen MR) is 72.1 cm³/mol. The van der Waals surface area contributed by atoms with Crippen LogP contribution in [0.15, 0.2) is 47.1 Å². The summed E-state index contributed by atoms with van der Waals surface area (Å²) in [6.45, 7) is 1.87.